The minimum atomic E-state index is 0.642. The number of aryl methyl sites for hydroxylation is 1. The zero-order chi connectivity index (χ0) is 12.0. The molecule has 1 N–H and O–H groups in total. The van der Waals surface area contributed by atoms with Crippen molar-refractivity contribution in [2.45, 2.75) is 58.9 Å². The third-order valence-corrected chi connectivity index (χ3v) is 4.27. The van der Waals surface area contributed by atoms with Crippen molar-refractivity contribution in [3.8, 4) is 0 Å². The molecule has 0 aromatic carbocycles. The maximum Gasteiger partial charge on any atom is 0.0141 e. The van der Waals surface area contributed by atoms with Gasteiger partial charge in [-0.05, 0) is 38.4 Å². The van der Waals surface area contributed by atoms with E-state index >= 15 is 0 Å². The van der Waals surface area contributed by atoms with Gasteiger partial charge in [-0.25, -0.2) is 0 Å². The van der Waals surface area contributed by atoms with Crippen LogP contribution in [0.3, 0.4) is 0 Å². The quantitative estimate of drug-likeness (QED) is 0.747. The lowest BCUT2D eigenvalue weighted by Gasteiger charge is -2.24. The van der Waals surface area contributed by atoms with E-state index < -0.39 is 0 Å². The summed E-state index contributed by atoms with van der Waals surface area (Å²) in [5, 5.41) is 3.68. The van der Waals surface area contributed by atoms with Gasteiger partial charge >= 0.3 is 0 Å². The summed E-state index contributed by atoms with van der Waals surface area (Å²) in [6, 6.07) is 5.17. The number of thiophene rings is 1. The first-order valence-corrected chi connectivity index (χ1v) is 7.30. The van der Waals surface area contributed by atoms with Crippen LogP contribution in [0.15, 0.2) is 12.1 Å². The third kappa shape index (κ3) is 3.91. The molecule has 1 aromatic rings. The molecule has 0 aliphatic heterocycles. The molecule has 2 atom stereocenters. The predicted octanol–water partition coefficient (Wildman–Crippen LogP) is 4.33. The normalized spacial score (nSPS) is 15.0. The van der Waals surface area contributed by atoms with Crippen molar-refractivity contribution in [1.29, 1.82) is 0 Å². The van der Waals surface area contributed by atoms with Gasteiger partial charge in [0.25, 0.3) is 0 Å². The van der Waals surface area contributed by atoms with Gasteiger partial charge in [0.2, 0.25) is 0 Å². The van der Waals surface area contributed by atoms with Gasteiger partial charge in [-0.15, -0.1) is 11.3 Å². The molecule has 2 unspecified atom stereocenters. The Bertz CT molecular complexity index is 293. The lowest BCUT2D eigenvalue weighted by Crippen LogP contribution is -2.33. The first kappa shape index (κ1) is 13.7. The average molecular weight is 239 g/mol. The first-order chi connectivity index (χ1) is 7.69. The van der Waals surface area contributed by atoms with E-state index in [4.69, 9.17) is 0 Å². The highest BCUT2D eigenvalue weighted by Crippen LogP contribution is 2.28. The van der Waals surface area contributed by atoms with Crippen LogP contribution in [0.25, 0.3) is 0 Å². The second-order valence-corrected chi connectivity index (χ2v) is 5.91. The van der Waals surface area contributed by atoms with Crippen molar-refractivity contribution in [2.75, 3.05) is 6.54 Å². The van der Waals surface area contributed by atoms with Crippen molar-refractivity contribution in [3.05, 3.63) is 21.9 Å². The van der Waals surface area contributed by atoms with E-state index in [1.807, 2.05) is 11.3 Å². The summed E-state index contributed by atoms with van der Waals surface area (Å²) in [5.74, 6) is 0.644. The predicted molar refractivity (Wildman–Crippen MR) is 74.5 cm³/mol. The molecule has 1 nitrogen and oxygen atoms in total. The van der Waals surface area contributed by atoms with E-state index in [1.54, 1.807) is 0 Å². The highest BCUT2D eigenvalue weighted by Gasteiger charge is 2.18. The van der Waals surface area contributed by atoms with Gasteiger partial charge < -0.3 is 5.32 Å². The van der Waals surface area contributed by atoms with Crippen LogP contribution >= 0.6 is 11.3 Å². The van der Waals surface area contributed by atoms with E-state index in [-0.39, 0.29) is 0 Å². The Balaban J connectivity index is 2.62. The minimum absolute atomic E-state index is 0.642. The zero-order valence-electron chi connectivity index (χ0n) is 11.0. The van der Waals surface area contributed by atoms with Gasteiger partial charge in [-0.1, -0.05) is 27.2 Å². The van der Waals surface area contributed by atoms with Crippen LogP contribution in [0.5, 0.6) is 0 Å². The molecule has 0 radical (unpaired) electrons. The molecule has 1 heterocycles. The molecule has 16 heavy (non-hydrogen) atoms. The Labute approximate surface area is 104 Å². The summed E-state index contributed by atoms with van der Waals surface area (Å²) in [5.41, 5.74) is 0. The summed E-state index contributed by atoms with van der Waals surface area (Å²) in [4.78, 5) is 2.95. The van der Waals surface area contributed by atoms with Crippen molar-refractivity contribution >= 4 is 11.3 Å². The van der Waals surface area contributed by atoms with E-state index in [1.165, 1.54) is 29.0 Å². The molecule has 0 aliphatic carbocycles. The molecule has 1 rings (SSSR count). The molecule has 0 spiro atoms. The largest absolute Gasteiger partial charge is 0.313 e. The van der Waals surface area contributed by atoms with Gasteiger partial charge in [0.05, 0.1) is 0 Å². The molecule has 0 fully saturated rings. The Hall–Kier alpha value is -0.340. The Morgan fingerprint density at radius 2 is 2.00 bits per heavy atom. The second-order valence-electron chi connectivity index (χ2n) is 4.59. The highest BCUT2D eigenvalue weighted by atomic mass is 32.1. The lowest BCUT2D eigenvalue weighted by atomic mass is 9.96. The summed E-state index contributed by atoms with van der Waals surface area (Å²) < 4.78 is 0. The lowest BCUT2D eigenvalue weighted by molar-refractivity contribution is 0.424. The van der Waals surface area contributed by atoms with Gasteiger partial charge in [0.1, 0.15) is 0 Å². The number of rotatable bonds is 7. The Morgan fingerprint density at radius 3 is 2.50 bits per heavy atom. The van der Waals surface area contributed by atoms with E-state index in [0.29, 0.717) is 12.0 Å². The van der Waals surface area contributed by atoms with Crippen molar-refractivity contribution in [3.63, 3.8) is 0 Å². The molecule has 0 amide bonds. The number of nitrogens with one attached hydrogen (secondary N) is 1. The van der Waals surface area contributed by atoms with E-state index in [2.05, 4.69) is 45.1 Å². The maximum atomic E-state index is 3.68. The second kappa shape index (κ2) is 7.08. The number of hydrogen-bond donors (Lipinski definition) is 1. The van der Waals surface area contributed by atoms with Crippen LogP contribution in [0, 0.1) is 6.92 Å². The standard InChI is InChI=1S/C14H25NS/c1-5-7-13(15-10-6-2)12(4)14-9-8-11(3)16-14/h8-9,12-13,15H,5-7,10H2,1-4H3. The summed E-state index contributed by atoms with van der Waals surface area (Å²) >= 11 is 1.94. The van der Waals surface area contributed by atoms with Crippen molar-refractivity contribution < 1.29 is 0 Å². The molecule has 0 aliphatic rings. The summed E-state index contributed by atoms with van der Waals surface area (Å²) in [6.45, 7) is 10.2. The molecule has 0 bridgehead atoms. The fraction of sp³-hybridized carbons (Fsp3) is 0.714. The maximum absolute atomic E-state index is 3.68. The van der Waals surface area contributed by atoms with Crippen molar-refractivity contribution in [2.24, 2.45) is 0 Å². The molecule has 0 saturated carbocycles. The van der Waals surface area contributed by atoms with Crippen LogP contribution in [0.4, 0.5) is 0 Å². The van der Waals surface area contributed by atoms with E-state index in [9.17, 15) is 0 Å². The fourth-order valence-corrected chi connectivity index (χ4v) is 3.06. The van der Waals surface area contributed by atoms with E-state index in [0.717, 1.165) is 6.54 Å². The van der Waals surface area contributed by atoms with Crippen LogP contribution in [0.1, 0.15) is 55.7 Å². The Morgan fingerprint density at radius 1 is 1.25 bits per heavy atom. The molecule has 92 valence electrons. The van der Waals surface area contributed by atoms with Crippen LogP contribution < -0.4 is 5.32 Å². The number of hydrogen-bond acceptors (Lipinski definition) is 2. The molecule has 0 saturated heterocycles. The Kier molecular flexibility index (Phi) is 6.07. The summed E-state index contributed by atoms with van der Waals surface area (Å²) in [7, 11) is 0. The first-order valence-electron chi connectivity index (χ1n) is 6.48. The smallest absolute Gasteiger partial charge is 0.0141 e. The van der Waals surface area contributed by atoms with Gasteiger partial charge in [0.15, 0.2) is 0 Å². The molecular formula is C14H25NS. The van der Waals surface area contributed by atoms with Crippen LogP contribution in [-0.4, -0.2) is 12.6 Å². The average Bonchev–Trinajstić information content (AvgIpc) is 2.70. The van der Waals surface area contributed by atoms with Gasteiger partial charge in [-0.3, -0.25) is 0 Å². The SMILES string of the molecule is CCCNC(CCC)C(C)c1ccc(C)s1. The zero-order valence-corrected chi connectivity index (χ0v) is 11.9. The third-order valence-electron chi connectivity index (χ3n) is 3.07. The topological polar surface area (TPSA) is 12.0 Å². The van der Waals surface area contributed by atoms with Crippen LogP contribution in [-0.2, 0) is 0 Å². The van der Waals surface area contributed by atoms with Crippen LogP contribution in [0.2, 0.25) is 0 Å². The highest BCUT2D eigenvalue weighted by molar-refractivity contribution is 7.12. The monoisotopic (exact) mass is 239 g/mol. The molecular weight excluding hydrogens is 214 g/mol. The van der Waals surface area contributed by atoms with Gasteiger partial charge in [0, 0.05) is 21.7 Å². The molecule has 2 heteroatoms. The summed E-state index contributed by atoms with van der Waals surface area (Å²) in [6.07, 6.45) is 3.75. The minimum Gasteiger partial charge on any atom is -0.313 e. The fourth-order valence-electron chi connectivity index (χ4n) is 2.07. The van der Waals surface area contributed by atoms with Crippen molar-refractivity contribution in [1.82, 2.24) is 5.32 Å². The molecule has 1 aromatic heterocycles. The van der Waals surface area contributed by atoms with Gasteiger partial charge in [-0.2, -0.15) is 0 Å².